The van der Waals surface area contributed by atoms with Crippen LogP contribution in [0.1, 0.15) is 25.3 Å². The molecule has 0 saturated carbocycles. The van der Waals surface area contributed by atoms with Gasteiger partial charge in [-0.25, -0.2) is 8.78 Å². The molecule has 1 saturated heterocycles. The molecule has 2 N–H and O–H groups in total. The molecule has 1 aliphatic heterocycles. The van der Waals surface area contributed by atoms with Gasteiger partial charge in [-0.3, -0.25) is 9.89 Å². The summed E-state index contributed by atoms with van der Waals surface area (Å²) in [5.74, 6) is 0.851. The number of guanidine groups is 1. The van der Waals surface area contributed by atoms with Crippen molar-refractivity contribution in [3.05, 3.63) is 59.7 Å². The van der Waals surface area contributed by atoms with Gasteiger partial charge in [0.2, 0.25) is 0 Å². The lowest BCUT2D eigenvalue weighted by Gasteiger charge is -2.33. The van der Waals surface area contributed by atoms with E-state index in [4.69, 9.17) is 9.47 Å². The maximum atomic E-state index is 13.9. The van der Waals surface area contributed by atoms with Crippen LogP contribution in [0, 0.1) is 11.6 Å². The van der Waals surface area contributed by atoms with Gasteiger partial charge in [0.05, 0.1) is 13.7 Å². The fraction of sp³-hybridized carbons (Fsp3) is 0.458. The van der Waals surface area contributed by atoms with Gasteiger partial charge in [-0.15, -0.1) is 24.0 Å². The van der Waals surface area contributed by atoms with Crippen molar-refractivity contribution in [2.24, 2.45) is 4.99 Å². The minimum Gasteiger partial charge on any atom is -0.494 e. The number of aliphatic imine (C=N–C) groups is 1. The molecule has 3 rings (SSSR count). The summed E-state index contributed by atoms with van der Waals surface area (Å²) < 4.78 is 37.9. The van der Waals surface area contributed by atoms with E-state index in [1.54, 1.807) is 31.3 Å². The lowest BCUT2D eigenvalue weighted by atomic mass is 10.0. The summed E-state index contributed by atoms with van der Waals surface area (Å²) in [4.78, 5) is 6.62. The first-order valence-corrected chi connectivity index (χ1v) is 10.9. The standard InChI is InChI=1S/C24H32F2N4O2.HI/c1-17(32-21-6-4-5-19(25)14-21)15-28-24(27-2)29-20-9-11-30(12-10-20)16-18-7-8-23(31-3)22(26)13-18;/h4-8,13-14,17,20H,9-12,15-16H2,1-3H3,(H2,27,28,29);1H. The van der Waals surface area contributed by atoms with E-state index in [0.29, 0.717) is 18.3 Å². The first-order chi connectivity index (χ1) is 15.5. The van der Waals surface area contributed by atoms with Crippen LogP contribution < -0.4 is 20.1 Å². The number of hydrogen-bond acceptors (Lipinski definition) is 4. The molecule has 1 aliphatic rings. The highest BCUT2D eigenvalue weighted by Gasteiger charge is 2.20. The first kappa shape index (κ1) is 27.1. The Bertz CT molecular complexity index is 908. The van der Waals surface area contributed by atoms with Crippen LogP contribution in [0.5, 0.6) is 11.5 Å². The fourth-order valence-electron chi connectivity index (χ4n) is 3.74. The molecule has 1 unspecified atom stereocenters. The van der Waals surface area contributed by atoms with E-state index in [1.165, 1.54) is 19.2 Å². The highest BCUT2D eigenvalue weighted by molar-refractivity contribution is 14.0. The van der Waals surface area contributed by atoms with Gasteiger partial charge in [0.15, 0.2) is 17.5 Å². The van der Waals surface area contributed by atoms with Crippen molar-refractivity contribution in [1.29, 1.82) is 0 Å². The van der Waals surface area contributed by atoms with Gasteiger partial charge >= 0.3 is 0 Å². The molecule has 1 atom stereocenters. The fourth-order valence-corrected chi connectivity index (χ4v) is 3.74. The Hall–Kier alpha value is -2.14. The molecule has 0 aliphatic carbocycles. The summed E-state index contributed by atoms with van der Waals surface area (Å²) in [6, 6.07) is 11.6. The van der Waals surface area contributed by atoms with Gasteiger partial charge in [0.25, 0.3) is 0 Å². The average Bonchev–Trinajstić information content (AvgIpc) is 2.78. The molecule has 1 fully saturated rings. The van der Waals surface area contributed by atoms with E-state index in [0.717, 1.165) is 44.0 Å². The van der Waals surface area contributed by atoms with Gasteiger partial charge in [-0.05, 0) is 49.6 Å². The summed E-state index contributed by atoms with van der Waals surface area (Å²) in [5, 5.41) is 6.74. The monoisotopic (exact) mass is 574 g/mol. The zero-order valence-electron chi connectivity index (χ0n) is 19.3. The molecule has 0 bridgehead atoms. The van der Waals surface area contributed by atoms with Crippen molar-refractivity contribution < 1.29 is 18.3 Å². The number of nitrogens with one attached hydrogen (secondary N) is 2. The largest absolute Gasteiger partial charge is 0.494 e. The van der Waals surface area contributed by atoms with E-state index < -0.39 is 0 Å². The van der Waals surface area contributed by atoms with E-state index in [9.17, 15) is 8.78 Å². The van der Waals surface area contributed by atoms with Crippen LogP contribution >= 0.6 is 24.0 Å². The third-order valence-electron chi connectivity index (χ3n) is 5.46. The van der Waals surface area contributed by atoms with E-state index in [-0.39, 0.29) is 47.5 Å². The van der Waals surface area contributed by atoms with Gasteiger partial charge in [-0.2, -0.15) is 0 Å². The molecule has 0 spiro atoms. The molecule has 6 nitrogen and oxygen atoms in total. The summed E-state index contributed by atoms with van der Waals surface area (Å²) >= 11 is 0. The SMILES string of the molecule is CN=C(NCC(C)Oc1cccc(F)c1)NC1CCN(Cc2ccc(OC)c(F)c2)CC1.I. The third-order valence-corrected chi connectivity index (χ3v) is 5.46. The molecular weight excluding hydrogens is 541 g/mol. The number of ether oxygens (including phenoxy) is 2. The second-order valence-electron chi connectivity index (χ2n) is 8.00. The van der Waals surface area contributed by atoms with Crippen LogP contribution in [0.15, 0.2) is 47.5 Å². The minimum atomic E-state index is -0.327. The topological polar surface area (TPSA) is 58.1 Å². The molecule has 2 aromatic rings. The second-order valence-corrected chi connectivity index (χ2v) is 8.00. The molecule has 0 amide bonds. The number of likely N-dealkylation sites (tertiary alicyclic amines) is 1. The number of piperidine rings is 1. The molecule has 9 heteroatoms. The quantitative estimate of drug-likeness (QED) is 0.282. The summed E-state index contributed by atoms with van der Waals surface area (Å²) in [6.07, 6.45) is 1.78. The van der Waals surface area contributed by atoms with E-state index in [1.807, 2.05) is 13.0 Å². The van der Waals surface area contributed by atoms with Crippen molar-refractivity contribution >= 4 is 29.9 Å². The zero-order chi connectivity index (χ0) is 22.9. The molecule has 2 aromatic carbocycles. The number of nitrogens with zero attached hydrogens (tertiary/aromatic N) is 2. The van der Waals surface area contributed by atoms with Crippen molar-refractivity contribution in [2.75, 3.05) is 33.8 Å². The normalized spacial score (nSPS) is 16.0. The Labute approximate surface area is 211 Å². The van der Waals surface area contributed by atoms with Crippen LogP contribution in [-0.4, -0.2) is 56.8 Å². The summed E-state index contributed by atoms with van der Waals surface area (Å²) in [7, 11) is 3.21. The van der Waals surface area contributed by atoms with Crippen LogP contribution in [0.4, 0.5) is 8.78 Å². The smallest absolute Gasteiger partial charge is 0.191 e. The number of benzene rings is 2. The molecule has 0 aromatic heterocycles. The molecule has 33 heavy (non-hydrogen) atoms. The van der Waals surface area contributed by atoms with Crippen LogP contribution in [0.2, 0.25) is 0 Å². The number of methoxy groups -OCH3 is 1. The van der Waals surface area contributed by atoms with Crippen molar-refractivity contribution in [3.63, 3.8) is 0 Å². The van der Waals surface area contributed by atoms with E-state index in [2.05, 4.69) is 20.5 Å². The maximum absolute atomic E-state index is 13.9. The van der Waals surface area contributed by atoms with Gasteiger partial charge in [0.1, 0.15) is 17.7 Å². The Balaban J connectivity index is 0.00000385. The number of rotatable bonds is 8. The first-order valence-electron chi connectivity index (χ1n) is 10.9. The van der Waals surface area contributed by atoms with Crippen LogP contribution in [-0.2, 0) is 6.54 Å². The van der Waals surface area contributed by atoms with Gasteiger partial charge < -0.3 is 20.1 Å². The van der Waals surface area contributed by atoms with Crippen LogP contribution in [0.25, 0.3) is 0 Å². The highest BCUT2D eigenvalue weighted by atomic mass is 127. The highest BCUT2D eigenvalue weighted by Crippen LogP contribution is 2.20. The minimum absolute atomic E-state index is 0. The summed E-state index contributed by atoms with van der Waals surface area (Å²) in [6.45, 7) is 5.02. The van der Waals surface area contributed by atoms with Crippen LogP contribution in [0.3, 0.4) is 0 Å². The number of halogens is 3. The van der Waals surface area contributed by atoms with Crippen molar-refractivity contribution in [2.45, 2.75) is 38.5 Å². The lowest BCUT2D eigenvalue weighted by molar-refractivity contribution is 0.197. The second kappa shape index (κ2) is 13.5. The predicted octanol–water partition coefficient (Wildman–Crippen LogP) is 4.19. The summed E-state index contributed by atoms with van der Waals surface area (Å²) in [5.41, 5.74) is 0.944. The molecule has 1 heterocycles. The van der Waals surface area contributed by atoms with Crippen molar-refractivity contribution in [1.82, 2.24) is 15.5 Å². The van der Waals surface area contributed by atoms with E-state index >= 15 is 0 Å². The van der Waals surface area contributed by atoms with Crippen molar-refractivity contribution in [3.8, 4) is 11.5 Å². The van der Waals surface area contributed by atoms with Gasteiger partial charge in [0, 0.05) is 38.8 Å². The maximum Gasteiger partial charge on any atom is 0.191 e. The lowest BCUT2D eigenvalue weighted by Crippen LogP contribution is -2.49. The third kappa shape index (κ3) is 8.62. The zero-order valence-corrected chi connectivity index (χ0v) is 21.6. The number of hydrogen-bond donors (Lipinski definition) is 2. The Kier molecular flexibility index (Phi) is 11.1. The van der Waals surface area contributed by atoms with Gasteiger partial charge in [-0.1, -0.05) is 12.1 Å². The molecule has 0 radical (unpaired) electrons. The predicted molar refractivity (Wildman–Crippen MR) is 138 cm³/mol. The Morgan fingerprint density at radius 2 is 1.94 bits per heavy atom. The average molecular weight is 574 g/mol. The molecular formula is C24H33F2IN4O2. The molecule has 182 valence electrons. The Morgan fingerprint density at radius 1 is 1.18 bits per heavy atom. The Morgan fingerprint density at radius 3 is 2.58 bits per heavy atom.